The summed E-state index contributed by atoms with van der Waals surface area (Å²) in [6, 6.07) is 8.44. The van der Waals surface area contributed by atoms with Gasteiger partial charge >= 0.3 is 6.18 Å². The van der Waals surface area contributed by atoms with Crippen LogP contribution in [0.1, 0.15) is 16.8 Å². The van der Waals surface area contributed by atoms with E-state index in [1.165, 1.54) is 17.8 Å². The van der Waals surface area contributed by atoms with Gasteiger partial charge in [0.2, 0.25) is 0 Å². The standard InChI is InChI=1S/C16H15F3N2O/c17-16(18,19)15-4-1-11(10-21-15)5-7-20-13-3-2-12-6-8-22-14(12)9-13/h1-4,9-10,20H,5-8H2. The van der Waals surface area contributed by atoms with Crippen molar-refractivity contribution in [2.75, 3.05) is 18.5 Å². The molecule has 1 aliphatic heterocycles. The van der Waals surface area contributed by atoms with Gasteiger partial charge in [-0.15, -0.1) is 0 Å². The number of benzene rings is 1. The molecule has 0 radical (unpaired) electrons. The van der Waals surface area contributed by atoms with E-state index in [9.17, 15) is 13.2 Å². The minimum atomic E-state index is -4.39. The van der Waals surface area contributed by atoms with Gasteiger partial charge in [0, 0.05) is 30.9 Å². The molecule has 0 aliphatic carbocycles. The first-order chi connectivity index (χ1) is 10.5. The Morgan fingerprint density at radius 1 is 1.18 bits per heavy atom. The summed E-state index contributed by atoms with van der Waals surface area (Å²) in [5.41, 5.74) is 2.05. The van der Waals surface area contributed by atoms with Crippen LogP contribution in [0.3, 0.4) is 0 Å². The van der Waals surface area contributed by atoms with Crippen LogP contribution in [0.2, 0.25) is 0 Å². The van der Waals surface area contributed by atoms with Crippen molar-refractivity contribution in [2.45, 2.75) is 19.0 Å². The normalized spacial score (nSPS) is 13.6. The van der Waals surface area contributed by atoms with E-state index in [1.807, 2.05) is 18.2 Å². The third-order valence-electron chi connectivity index (χ3n) is 3.55. The van der Waals surface area contributed by atoms with Crippen molar-refractivity contribution in [3.05, 3.63) is 53.3 Å². The van der Waals surface area contributed by atoms with E-state index < -0.39 is 11.9 Å². The molecule has 2 aromatic rings. The molecule has 3 rings (SSSR count). The predicted octanol–water partition coefficient (Wildman–Crippen LogP) is 3.69. The van der Waals surface area contributed by atoms with Crippen molar-refractivity contribution < 1.29 is 17.9 Å². The molecule has 0 unspecified atom stereocenters. The molecular formula is C16H15F3N2O. The Hall–Kier alpha value is -2.24. The quantitative estimate of drug-likeness (QED) is 0.935. The van der Waals surface area contributed by atoms with Gasteiger partial charge in [-0.3, -0.25) is 4.98 Å². The molecule has 1 aromatic heterocycles. The van der Waals surface area contributed by atoms with E-state index in [1.54, 1.807) is 0 Å². The number of nitrogens with zero attached hydrogens (tertiary/aromatic N) is 1. The first-order valence-electron chi connectivity index (χ1n) is 7.04. The third-order valence-corrected chi connectivity index (χ3v) is 3.55. The summed E-state index contributed by atoms with van der Waals surface area (Å²) in [6.07, 6.45) is -1.58. The van der Waals surface area contributed by atoms with E-state index in [0.29, 0.717) is 13.0 Å². The Balaban J connectivity index is 1.55. The Bertz CT molecular complexity index is 653. The van der Waals surface area contributed by atoms with Gasteiger partial charge in [0.05, 0.1) is 6.61 Å². The van der Waals surface area contributed by atoms with Crippen LogP contribution >= 0.6 is 0 Å². The van der Waals surface area contributed by atoms with Crippen LogP contribution in [-0.2, 0) is 19.0 Å². The maximum atomic E-state index is 12.4. The van der Waals surface area contributed by atoms with Gasteiger partial charge in [-0.05, 0) is 29.7 Å². The number of anilines is 1. The molecular weight excluding hydrogens is 293 g/mol. The van der Waals surface area contributed by atoms with Crippen molar-refractivity contribution in [2.24, 2.45) is 0 Å². The zero-order valence-electron chi connectivity index (χ0n) is 11.8. The van der Waals surface area contributed by atoms with Crippen LogP contribution in [-0.4, -0.2) is 18.1 Å². The number of ether oxygens (including phenoxy) is 1. The highest BCUT2D eigenvalue weighted by molar-refractivity contribution is 5.53. The van der Waals surface area contributed by atoms with Crippen LogP contribution in [0, 0.1) is 0 Å². The van der Waals surface area contributed by atoms with Crippen LogP contribution in [0.25, 0.3) is 0 Å². The van der Waals surface area contributed by atoms with Crippen LogP contribution in [0.15, 0.2) is 36.5 Å². The van der Waals surface area contributed by atoms with Gasteiger partial charge in [-0.1, -0.05) is 12.1 Å². The number of nitrogens with one attached hydrogen (secondary N) is 1. The number of halogens is 3. The third kappa shape index (κ3) is 3.32. The Labute approximate surface area is 126 Å². The molecule has 0 bridgehead atoms. The molecule has 0 saturated heterocycles. The number of rotatable bonds is 4. The number of pyridine rings is 1. The summed E-state index contributed by atoms with van der Waals surface area (Å²) in [7, 11) is 0. The van der Waals surface area contributed by atoms with Gasteiger partial charge in [-0.2, -0.15) is 13.2 Å². The molecule has 1 N–H and O–H groups in total. The summed E-state index contributed by atoms with van der Waals surface area (Å²) in [4.78, 5) is 3.45. The molecule has 1 aliphatic rings. The molecule has 0 atom stereocenters. The maximum Gasteiger partial charge on any atom is 0.433 e. The van der Waals surface area contributed by atoms with Crippen molar-refractivity contribution in [3.63, 3.8) is 0 Å². The lowest BCUT2D eigenvalue weighted by atomic mass is 10.1. The molecule has 0 fully saturated rings. The fraction of sp³-hybridized carbons (Fsp3) is 0.312. The molecule has 0 amide bonds. The lowest BCUT2D eigenvalue weighted by Gasteiger charge is -2.09. The molecule has 22 heavy (non-hydrogen) atoms. The highest BCUT2D eigenvalue weighted by Gasteiger charge is 2.31. The minimum Gasteiger partial charge on any atom is -0.493 e. The smallest absolute Gasteiger partial charge is 0.433 e. The summed E-state index contributed by atoms with van der Waals surface area (Å²) in [5.74, 6) is 0.904. The van der Waals surface area contributed by atoms with Crippen molar-refractivity contribution >= 4 is 5.69 Å². The number of aromatic nitrogens is 1. The Morgan fingerprint density at radius 3 is 2.77 bits per heavy atom. The van der Waals surface area contributed by atoms with Gasteiger partial charge in [0.1, 0.15) is 11.4 Å². The molecule has 0 saturated carbocycles. The SMILES string of the molecule is FC(F)(F)c1ccc(CCNc2ccc3c(c2)OCC3)cn1. The second-order valence-corrected chi connectivity index (χ2v) is 5.15. The zero-order valence-corrected chi connectivity index (χ0v) is 11.8. The lowest BCUT2D eigenvalue weighted by Crippen LogP contribution is -2.09. The summed E-state index contributed by atoms with van der Waals surface area (Å²) in [5, 5.41) is 3.24. The first-order valence-corrected chi connectivity index (χ1v) is 7.04. The fourth-order valence-electron chi connectivity index (χ4n) is 2.37. The first kappa shape index (κ1) is 14.7. The minimum absolute atomic E-state index is 0.600. The summed E-state index contributed by atoms with van der Waals surface area (Å²) >= 11 is 0. The number of hydrogen-bond donors (Lipinski definition) is 1. The van der Waals surface area contributed by atoms with Crippen LogP contribution < -0.4 is 10.1 Å². The van der Waals surface area contributed by atoms with Crippen molar-refractivity contribution in [3.8, 4) is 5.75 Å². The molecule has 116 valence electrons. The van der Waals surface area contributed by atoms with Crippen LogP contribution in [0.5, 0.6) is 5.75 Å². The van der Waals surface area contributed by atoms with E-state index in [-0.39, 0.29) is 0 Å². The van der Waals surface area contributed by atoms with E-state index in [2.05, 4.69) is 10.3 Å². The molecule has 1 aromatic carbocycles. The number of hydrogen-bond acceptors (Lipinski definition) is 3. The Kier molecular flexibility index (Phi) is 3.92. The molecule has 3 nitrogen and oxygen atoms in total. The average Bonchev–Trinajstić information content (AvgIpc) is 2.94. The summed E-state index contributed by atoms with van der Waals surface area (Å²) in [6.45, 7) is 1.34. The van der Waals surface area contributed by atoms with E-state index in [0.717, 1.165) is 36.1 Å². The van der Waals surface area contributed by atoms with Crippen molar-refractivity contribution in [1.29, 1.82) is 0 Å². The lowest BCUT2D eigenvalue weighted by molar-refractivity contribution is -0.141. The summed E-state index contributed by atoms with van der Waals surface area (Å²) < 4.78 is 42.7. The van der Waals surface area contributed by atoms with E-state index >= 15 is 0 Å². The van der Waals surface area contributed by atoms with Crippen molar-refractivity contribution in [1.82, 2.24) is 4.98 Å². The van der Waals surface area contributed by atoms with Crippen LogP contribution in [0.4, 0.5) is 18.9 Å². The largest absolute Gasteiger partial charge is 0.493 e. The zero-order chi connectivity index (χ0) is 15.6. The average molecular weight is 308 g/mol. The molecule has 6 heteroatoms. The topological polar surface area (TPSA) is 34.1 Å². The second kappa shape index (κ2) is 5.87. The Morgan fingerprint density at radius 2 is 2.05 bits per heavy atom. The fourth-order valence-corrected chi connectivity index (χ4v) is 2.37. The number of fused-ring (bicyclic) bond motifs is 1. The highest BCUT2D eigenvalue weighted by Crippen LogP contribution is 2.28. The number of alkyl halides is 3. The molecule has 2 heterocycles. The van der Waals surface area contributed by atoms with Gasteiger partial charge < -0.3 is 10.1 Å². The monoisotopic (exact) mass is 308 g/mol. The highest BCUT2D eigenvalue weighted by atomic mass is 19.4. The maximum absolute atomic E-state index is 12.4. The predicted molar refractivity (Wildman–Crippen MR) is 77.1 cm³/mol. The van der Waals surface area contributed by atoms with Gasteiger partial charge in [-0.25, -0.2) is 0 Å². The van der Waals surface area contributed by atoms with E-state index in [4.69, 9.17) is 4.74 Å². The van der Waals surface area contributed by atoms with Gasteiger partial charge in [0.25, 0.3) is 0 Å². The van der Waals surface area contributed by atoms with Gasteiger partial charge in [0.15, 0.2) is 0 Å². The molecule has 0 spiro atoms. The second-order valence-electron chi connectivity index (χ2n) is 5.15.